The standard InChI is InChI=1S/C23H35N5O2S/c1-3-4-8-14-24-22(29)17-31-23-27-26-21(28(23)19-11-6-5-7-12-19)16-25-18-10-9-13-20(15-18)30-2/h9-10,13,15,19,25H,3-8,11-12,14,16-17H2,1-2H3,(H,24,29). The fourth-order valence-corrected chi connectivity index (χ4v) is 4.78. The van der Waals surface area contributed by atoms with Crippen molar-refractivity contribution in [1.29, 1.82) is 0 Å². The van der Waals surface area contributed by atoms with E-state index >= 15 is 0 Å². The molecule has 0 unspecified atom stereocenters. The second kappa shape index (κ2) is 12.6. The van der Waals surface area contributed by atoms with E-state index in [1.807, 2.05) is 24.3 Å². The maximum Gasteiger partial charge on any atom is 0.230 e. The van der Waals surface area contributed by atoms with Crippen LogP contribution in [-0.4, -0.2) is 40.1 Å². The lowest BCUT2D eigenvalue weighted by Crippen LogP contribution is -2.26. The molecule has 8 heteroatoms. The van der Waals surface area contributed by atoms with Gasteiger partial charge in [-0.3, -0.25) is 4.79 Å². The monoisotopic (exact) mass is 445 g/mol. The molecule has 1 saturated carbocycles. The molecule has 0 aliphatic heterocycles. The van der Waals surface area contributed by atoms with Crippen LogP contribution < -0.4 is 15.4 Å². The van der Waals surface area contributed by atoms with Crippen LogP contribution in [-0.2, 0) is 11.3 Å². The zero-order valence-electron chi connectivity index (χ0n) is 18.7. The number of nitrogens with one attached hydrogen (secondary N) is 2. The summed E-state index contributed by atoms with van der Waals surface area (Å²) in [6.07, 6.45) is 9.36. The van der Waals surface area contributed by atoms with Gasteiger partial charge in [0.15, 0.2) is 11.0 Å². The van der Waals surface area contributed by atoms with Crippen LogP contribution in [0.15, 0.2) is 29.4 Å². The summed E-state index contributed by atoms with van der Waals surface area (Å²) in [5.41, 5.74) is 0.984. The Morgan fingerprint density at radius 2 is 2.06 bits per heavy atom. The molecular formula is C23H35N5O2S. The van der Waals surface area contributed by atoms with E-state index < -0.39 is 0 Å². The molecule has 1 aromatic carbocycles. The molecule has 0 saturated heterocycles. The Kier molecular flexibility index (Phi) is 9.52. The highest BCUT2D eigenvalue weighted by Crippen LogP contribution is 2.33. The molecule has 2 N–H and O–H groups in total. The predicted octanol–water partition coefficient (Wildman–Crippen LogP) is 4.80. The second-order valence-corrected chi connectivity index (χ2v) is 8.93. The van der Waals surface area contributed by atoms with Crippen LogP contribution >= 0.6 is 11.8 Å². The summed E-state index contributed by atoms with van der Waals surface area (Å²) >= 11 is 1.49. The number of hydrogen-bond acceptors (Lipinski definition) is 6. The van der Waals surface area contributed by atoms with Crippen molar-refractivity contribution in [3.05, 3.63) is 30.1 Å². The number of carbonyl (C=O) groups excluding carboxylic acids is 1. The van der Waals surface area contributed by atoms with E-state index in [0.717, 1.165) is 61.1 Å². The zero-order chi connectivity index (χ0) is 21.9. The molecule has 1 aromatic heterocycles. The van der Waals surface area contributed by atoms with Crippen LogP contribution in [0.25, 0.3) is 0 Å². The molecular weight excluding hydrogens is 410 g/mol. The number of rotatable bonds is 12. The third-order valence-electron chi connectivity index (χ3n) is 5.63. The first-order valence-corrected chi connectivity index (χ1v) is 12.4. The van der Waals surface area contributed by atoms with Crippen molar-refractivity contribution in [2.75, 3.05) is 24.7 Å². The fourth-order valence-electron chi connectivity index (χ4n) is 3.93. The Balaban J connectivity index is 1.65. The highest BCUT2D eigenvalue weighted by atomic mass is 32.2. The van der Waals surface area contributed by atoms with Gasteiger partial charge in [0, 0.05) is 24.3 Å². The van der Waals surface area contributed by atoms with Gasteiger partial charge in [0.05, 0.1) is 19.4 Å². The van der Waals surface area contributed by atoms with Crippen LogP contribution in [0.5, 0.6) is 5.75 Å². The Hall–Kier alpha value is -2.22. The van der Waals surface area contributed by atoms with Gasteiger partial charge in [-0.15, -0.1) is 10.2 Å². The van der Waals surface area contributed by atoms with Gasteiger partial charge in [-0.25, -0.2) is 0 Å². The number of anilines is 1. The van der Waals surface area contributed by atoms with E-state index in [1.165, 1.54) is 31.0 Å². The molecule has 3 rings (SSSR count). The number of hydrogen-bond donors (Lipinski definition) is 2. The average Bonchev–Trinajstić information content (AvgIpc) is 3.22. The van der Waals surface area contributed by atoms with Gasteiger partial charge in [0.25, 0.3) is 0 Å². The average molecular weight is 446 g/mol. The molecule has 0 bridgehead atoms. The summed E-state index contributed by atoms with van der Waals surface area (Å²) in [7, 11) is 1.67. The zero-order valence-corrected chi connectivity index (χ0v) is 19.5. The third-order valence-corrected chi connectivity index (χ3v) is 6.57. The number of thioether (sulfide) groups is 1. The van der Waals surface area contributed by atoms with Crippen molar-refractivity contribution in [2.45, 2.75) is 76.0 Å². The third kappa shape index (κ3) is 7.16. The van der Waals surface area contributed by atoms with Gasteiger partial charge in [-0.2, -0.15) is 0 Å². The highest BCUT2D eigenvalue weighted by molar-refractivity contribution is 7.99. The number of ether oxygens (including phenoxy) is 1. The number of aromatic nitrogens is 3. The Morgan fingerprint density at radius 3 is 2.84 bits per heavy atom. The molecule has 0 atom stereocenters. The molecule has 0 spiro atoms. The Bertz CT molecular complexity index is 820. The quantitative estimate of drug-likeness (QED) is 0.361. The maximum absolute atomic E-state index is 12.2. The van der Waals surface area contributed by atoms with E-state index in [-0.39, 0.29) is 5.91 Å². The molecule has 1 heterocycles. The van der Waals surface area contributed by atoms with E-state index in [0.29, 0.717) is 18.3 Å². The van der Waals surface area contributed by atoms with E-state index in [4.69, 9.17) is 4.74 Å². The number of amides is 1. The molecule has 1 aliphatic rings. The molecule has 1 fully saturated rings. The van der Waals surface area contributed by atoms with Crippen molar-refractivity contribution in [3.63, 3.8) is 0 Å². The second-order valence-electron chi connectivity index (χ2n) is 7.99. The summed E-state index contributed by atoms with van der Waals surface area (Å²) < 4.78 is 7.58. The lowest BCUT2D eigenvalue weighted by atomic mass is 9.95. The summed E-state index contributed by atoms with van der Waals surface area (Å²) in [4.78, 5) is 12.2. The molecule has 31 heavy (non-hydrogen) atoms. The predicted molar refractivity (Wildman–Crippen MR) is 126 cm³/mol. The number of methoxy groups -OCH3 is 1. The number of nitrogens with zero attached hydrogens (tertiary/aromatic N) is 3. The summed E-state index contributed by atoms with van der Waals surface area (Å²) in [6.45, 7) is 3.50. The first kappa shape index (κ1) is 23.4. The van der Waals surface area contributed by atoms with E-state index in [2.05, 4.69) is 32.3 Å². The minimum absolute atomic E-state index is 0.0651. The SMILES string of the molecule is CCCCCNC(=O)CSc1nnc(CNc2cccc(OC)c2)n1C1CCCCC1. The summed E-state index contributed by atoms with van der Waals surface area (Å²) in [6, 6.07) is 8.29. The number of unbranched alkanes of at least 4 members (excludes halogenated alkanes) is 2. The van der Waals surface area contributed by atoms with Gasteiger partial charge < -0.3 is 19.9 Å². The van der Waals surface area contributed by atoms with Gasteiger partial charge in [0.2, 0.25) is 5.91 Å². The van der Waals surface area contributed by atoms with Gasteiger partial charge in [-0.05, 0) is 31.4 Å². The topological polar surface area (TPSA) is 81.1 Å². The van der Waals surface area contributed by atoms with Gasteiger partial charge >= 0.3 is 0 Å². The minimum Gasteiger partial charge on any atom is -0.497 e. The Labute approximate surface area is 189 Å². The largest absolute Gasteiger partial charge is 0.497 e. The van der Waals surface area contributed by atoms with Crippen LogP contribution in [0.1, 0.15) is 70.2 Å². The molecule has 0 radical (unpaired) electrons. The summed E-state index contributed by atoms with van der Waals surface area (Å²) in [5, 5.41) is 16.2. The van der Waals surface area contributed by atoms with Crippen LogP contribution in [0.4, 0.5) is 5.69 Å². The molecule has 170 valence electrons. The van der Waals surface area contributed by atoms with Crippen molar-refractivity contribution < 1.29 is 9.53 Å². The van der Waals surface area contributed by atoms with Gasteiger partial charge in [-0.1, -0.05) is 56.9 Å². The lowest BCUT2D eigenvalue weighted by Gasteiger charge is -2.25. The van der Waals surface area contributed by atoms with Crippen molar-refractivity contribution in [2.24, 2.45) is 0 Å². The highest BCUT2D eigenvalue weighted by Gasteiger charge is 2.23. The number of carbonyl (C=O) groups is 1. The lowest BCUT2D eigenvalue weighted by molar-refractivity contribution is -0.118. The normalized spacial score (nSPS) is 14.4. The maximum atomic E-state index is 12.2. The Morgan fingerprint density at radius 1 is 1.23 bits per heavy atom. The fraction of sp³-hybridized carbons (Fsp3) is 0.609. The van der Waals surface area contributed by atoms with Crippen molar-refractivity contribution in [1.82, 2.24) is 20.1 Å². The van der Waals surface area contributed by atoms with Gasteiger partial charge in [0.1, 0.15) is 5.75 Å². The van der Waals surface area contributed by atoms with E-state index in [1.54, 1.807) is 7.11 Å². The smallest absolute Gasteiger partial charge is 0.230 e. The molecule has 1 aliphatic carbocycles. The molecule has 2 aromatic rings. The van der Waals surface area contributed by atoms with E-state index in [9.17, 15) is 4.79 Å². The first-order chi connectivity index (χ1) is 15.2. The summed E-state index contributed by atoms with van der Waals surface area (Å²) in [5.74, 6) is 2.18. The first-order valence-electron chi connectivity index (χ1n) is 11.4. The minimum atomic E-state index is 0.0651. The van der Waals surface area contributed by atoms with Crippen LogP contribution in [0.3, 0.4) is 0 Å². The molecule has 7 nitrogen and oxygen atoms in total. The molecule has 1 amide bonds. The van der Waals surface area contributed by atoms with Crippen molar-refractivity contribution >= 4 is 23.4 Å². The van der Waals surface area contributed by atoms with Crippen LogP contribution in [0, 0.1) is 0 Å². The van der Waals surface area contributed by atoms with Crippen molar-refractivity contribution in [3.8, 4) is 5.75 Å². The van der Waals surface area contributed by atoms with Crippen LogP contribution in [0.2, 0.25) is 0 Å². The number of benzene rings is 1.